The van der Waals surface area contributed by atoms with E-state index in [4.69, 9.17) is 15.6 Å². The molecule has 40 heavy (non-hydrogen) atoms. The molecule has 5 rings (SSSR count). The van der Waals surface area contributed by atoms with Crippen LogP contribution in [-0.2, 0) is 11.3 Å². The number of nitrogens with zero attached hydrogens (tertiary/aromatic N) is 6. The molecule has 10 heteroatoms. The van der Waals surface area contributed by atoms with Crippen molar-refractivity contribution >= 4 is 22.8 Å². The third-order valence-electron chi connectivity index (χ3n) is 6.68. The Morgan fingerprint density at radius 2 is 1.98 bits per heavy atom. The van der Waals surface area contributed by atoms with Crippen LogP contribution in [0.4, 0.5) is 10.2 Å². The summed E-state index contributed by atoms with van der Waals surface area (Å²) < 4.78 is 22.9. The van der Waals surface area contributed by atoms with E-state index in [1.165, 1.54) is 12.4 Å². The number of amides is 1. The molecule has 2 aromatic heterocycles. The predicted molar refractivity (Wildman–Crippen MR) is 150 cm³/mol. The molecule has 1 saturated heterocycles. The van der Waals surface area contributed by atoms with Crippen LogP contribution >= 0.6 is 0 Å². The van der Waals surface area contributed by atoms with E-state index in [0.717, 1.165) is 12.8 Å². The molecule has 1 atom stereocenters. The minimum Gasteiger partial charge on any atom is -0.457 e. The molecule has 0 spiro atoms. The minimum absolute atomic E-state index is 0.122. The number of ether oxygens (including phenoxy) is 1. The molecule has 1 amide bonds. The summed E-state index contributed by atoms with van der Waals surface area (Å²) in [5, 5.41) is 14.8. The summed E-state index contributed by atoms with van der Waals surface area (Å²) in [6.07, 6.45) is 4.57. The smallest absolute Gasteiger partial charge is 0.264 e. The largest absolute Gasteiger partial charge is 0.457 e. The average Bonchev–Trinajstić information content (AvgIpc) is 3.53. The van der Waals surface area contributed by atoms with Crippen LogP contribution in [-0.4, -0.2) is 43.1 Å². The average molecular weight is 540 g/mol. The highest BCUT2D eigenvalue weighted by atomic mass is 19.1. The van der Waals surface area contributed by atoms with E-state index in [9.17, 15) is 10.1 Å². The van der Waals surface area contributed by atoms with Gasteiger partial charge >= 0.3 is 0 Å². The number of nitrogens with two attached hydrogens (primary N) is 1. The first-order valence-electron chi connectivity index (χ1n) is 13.1. The quantitative estimate of drug-likeness (QED) is 0.254. The number of hydrogen-bond donors (Lipinski definition) is 1. The number of hydrogen-bond acceptors (Lipinski definition) is 7. The van der Waals surface area contributed by atoms with Crippen LogP contribution in [0.15, 0.2) is 66.5 Å². The summed E-state index contributed by atoms with van der Waals surface area (Å²) in [6.45, 7) is 6.68. The van der Waals surface area contributed by atoms with Gasteiger partial charge in [-0.15, -0.1) is 0 Å². The molecule has 0 bridgehead atoms. The van der Waals surface area contributed by atoms with Crippen molar-refractivity contribution in [3.8, 4) is 28.8 Å². The molecule has 0 unspecified atom stereocenters. The van der Waals surface area contributed by atoms with Gasteiger partial charge in [-0.2, -0.15) is 10.4 Å². The highest BCUT2D eigenvalue weighted by Gasteiger charge is 2.33. The molecular formula is C30H30FN7O2. The number of para-hydroxylation sites is 1. The summed E-state index contributed by atoms with van der Waals surface area (Å²) in [5.74, 6) is 0.277. The third kappa shape index (κ3) is 5.50. The Morgan fingerprint density at radius 3 is 2.67 bits per heavy atom. The second kappa shape index (κ2) is 10.8. The molecular weight excluding hydrogens is 509 g/mol. The second-order valence-electron chi connectivity index (χ2n) is 10.9. The Bertz CT molecular complexity index is 1630. The summed E-state index contributed by atoms with van der Waals surface area (Å²) in [4.78, 5) is 23.5. The molecule has 9 nitrogen and oxygen atoms in total. The van der Waals surface area contributed by atoms with Gasteiger partial charge in [0.05, 0.1) is 18.0 Å². The van der Waals surface area contributed by atoms with Crippen LogP contribution in [0.1, 0.15) is 33.6 Å². The van der Waals surface area contributed by atoms with Crippen molar-refractivity contribution in [1.82, 2.24) is 24.6 Å². The van der Waals surface area contributed by atoms with Crippen molar-refractivity contribution < 1.29 is 13.9 Å². The normalized spacial score (nSPS) is 15.8. The molecule has 3 heterocycles. The maximum absolute atomic E-state index is 15.4. The Hall–Kier alpha value is -4.78. The van der Waals surface area contributed by atoms with Gasteiger partial charge in [0.25, 0.3) is 5.91 Å². The summed E-state index contributed by atoms with van der Waals surface area (Å²) in [6, 6.07) is 15.5. The number of rotatable bonds is 6. The van der Waals surface area contributed by atoms with E-state index in [1.807, 2.05) is 39.0 Å². The molecule has 2 aromatic carbocycles. The van der Waals surface area contributed by atoms with Crippen molar-refractivity contribution in [3.63, 3.8) is 0 Å². The number of carbonyl (C=O) groups excluding carboxylic acids is 1. The number of benzene rings is 2. The zero-order valence-corrected chi connectivity index (χ0v) is 22.6. The van der Waals surface area contributed by atoms with Gasteiger partial charge < -0.3 is 15.4 Å². The summed E-state index contributed by atoms with van der Waals surface area (Å²) >= 11 is 0. The molecule has 204 valence electrons. The molecule has 0 radical (unpaired) electrons. The molecule has 1 aliphatic rings. The Morgan fingerprint density at radius 1 is 1.20 bits per heavy atom. The minimum atomic E-state index is -0.535. The first-order chi connectivity index (χ1) is 19.1. The predicted octanol–water partition coefficient (Wildman–Crippen LogP) is 5.49. The fourth-order valence-corrected chi connectivity index (χ4v) is 4.94. The Kier molecular flexibility index (Phi) is 7.22. The van der Waals surface area contributed by atoms with Crippen LogP contribution in [0.5, 0.6) is 11.5 Å². The highest BCUT2D eigenvalue weighted by Crippen LogP contribution is 2.35. The van der Waals surface area contributed by atoms with Crippen molar-refractivity contribution in [1.29, 1.82) is 5.26 Å². The van der Waals surface area contributed by atoms with E-state index in [1.54, 1.807) is 39.9 Å². The number of halogens is 1. The number of fused-ring (bicyclic) bond motifs is 1. The number of anilines is 1. The summed E-state index contributed by atoms with van der Waals surface area (Å²) in [7, 11) is 0. The van der Waals surface area contributed by atoms with Crippen LogP contribution in [0.25, 0.3) is 22.3 Å². The number of carbonyl (C=O) groups is 1. The molecule has 1 aliphatic heterocycles. The van der Waals surface area contributed by atoms with Crippen molar-refractivity contribution in [2.24, 2.45) is 5.41 Å². The van der Waals surface area contributed by atoms with Gasteiger partial charge in [-0.3, -0.25) is 4.79 Å². The van der Waals surface area contributed by atoms with E-state index >= 15 is 4.39 Å². The summed E-state index contributed by atoms with van der Waals surface area (Å²) in [5.41, 5.74) is 7.01. The maximum Gasteiger partial charge on any atom is 0.264 e. The molecule has 4 aromatic rings. The third-order valence-corrected chi connectivity index (χ3v) is 6.68. The van der Waals surface area contributed by atoms with E-state index in [-0.39, 0.29) is 34.3 Å². The fourth-order valence-electron chi connectivity index (χ4n) is 4.94. The number of likely N-dealkylation sites (tertiary alicyclic amines) is 1. The van der Waals surface area contributed by atoms with Gasteiger partial charge in [-0.25, -0.2) is 19.0 Å². The number of nitriles is 1. The van der Waals surface area contributed by atoms with E-state index in [0.29, 0.717) is 41.3 Å². The molecule has 0 saturated carbocycles. The van der Waals surface area contributed by atoms with E-state index < -0.39 is 5.82 Å². The van der Waals surface area contributed by atoms with Crippen LogP contribution in [0.2, 0.25) is 0 Å². The van der Waals surface area contributed by atoms with Gasteiger partial charge in [-0.1, -0.05) is 45.0 Å². The Balaban J connectivity index is 1.48. The molecule has 2 N–H and O–H groups in total. The number of nitrogen functional groups attached to an aromatic ring is 1. The fraction of sp³-hybridized carbons (Fsp3) is 0.300. The number of aromatic nitrogens is 4. The van der Waals surface area contributed by atoms with Gasteiger partial charge in [0.2, 0.25) is 0 Å². The first-order valence-corrected chi connectivity index (χ1v) is 13.1. The van der Waals surface area contributed by atoms with Gasteiger partial charge in [0, 0.05) is 18.2 Å². The SMILES string of the molecule is CC(C)(C)/C=C(/C#N)C(=O)N1CCC[C@@H]1Cn1nc(-c2ccc(Oc3ccccc3)cc2F)c2c(N)ncnc21. The maximum atomic E-state index is 15.4. The van der Waals surface area contributed by atoms with Crippen molar-refractivity contribution in [2.75, 3.05) is 12.3 Å². The van der Waals surface area contributed by atoms with Crippen LogP contribution < -0.4 is 10.5 Å². The lowest BCUT2D eigenvalue weighted by molar-refractivity contribution is -0.127. The van der Waals surface area contributed by atoms with Crippen LogP contribution in [0.3, 0.4) is 0 Å². The lowest BCUT2D eigenvalue weighted by atomic mass is 9.93. The topological polar surface area (TPSA) is 123 Å². The molecule has 1 fully saturated rings. The van der Waals surface area contributed by atoms with Gasteiger partial charge in [-0.05, 0) is 42.5 Å². The van der Waals surface area contributed by atoms with Crippen molar-refractivity contribution in [2.45, 2.75) is 46.2 Å². The van der Waals surface area contributed by atoms with Crippen LogP contribution in [0, 0.1) is 22.6 Å². The Labute approximate surface area is 231 Å². The van der Waals surface area contributed by atoms with Gasteiger partial charge in [0.15, 0.2) is 5.65 Å². The van der Waals surface area contributed by atoms with Gasteiger partial charge in [0.1, 0.15) is 46.8 Å². The lowest BCUT2D eigenvalue weighted by Crippen LogP contribution is -2.39. The standard InChI is InChI=1S/C30H30FN7O2/c1-30(2,3)15-19(16-32)29(39)37-13-7-8-20(37)17-38-28-25(27(33)34-18-35-28)26(36-38)23-12-11-22(14-24(23)31)40-21-9-5-4-6-10-21/h4-6,9-12,14-15,18,20H,7-8,13,17H2,1-3H3,(H2,33,34,35)/b19-15-/t20-/m1/s1. The molecule has 0 aliphatic carbocycles. The van der Waals surface area contributed by atoms with Crippen molar-refractivity contribution in [3.05, 3.63) is 72.3 Å². The number of allylic oxidation sites excluding steroid dienone is 1. The first kappa shape index (κ1) is 26.8. The zero-order chi connectivity index (χ0) is 28.4. The second-order valence-corrected chi connectivity index (χ2v) is 10.9. The highest BCUT2D eigenvalue weighted by molar-refractivity contribution is 5.99. The monoisotopic (exact) mass is 539 g/mol. The lowest BCUT2D eigenvalue weighted by Gasteiger charge is -2.25. The zero-order valence-electron chi connectivity index (χ0n) is 22.6. The van der Waals surface area contributed by atoms with E-state index in [2.05, 4.69) is 16.0 Å².